The van der Waals surface area contributed by atoms with E-state index in [1.165, 1.54) is 50.5 Å². The number of hydrogen-bond donors (Lipinski definition) is 1. The summed E-state index contributed by atoms with van der Waals surface area (Å²) in [4.78, 5) is 0. The van der Waals surface area contributed by atoms with Crippen molar-refractivity contribution >= 4 is 5.71 Å². The van der Waals surface area contributed by atoms with Gasteiger partial charge in [-0.25, -0.2) is 0 Å². The lowest BCUT2D eigenvalue weighted by Gasteiger charge is -2.10. The van der Waals surface area contributed by atoms with Gasteiger partial charge in [-0.2, -0.15) is 0 Å². The standard InChI is InChI=1S/C15H27N/c1-4-5-6-7-13(10-12(2)3)11-15(16)14-8-9-14/h11-12,14,16H,4-10H2,1-3H3. The molecule has 0 saturated heterocycles. The topological polar surface area (TPSA) is 23.9 Å². The van der Waals surface area contributed by atoms with Crippen molar-refractivity contribution in [3.8, 4) is 0 Å². The van der Waals surface area contributed by atoms with Gasteiger partial charge in [-0.15, -0.1) is 0 Å². The molecule has 1 rings (SSSR count). The molecule has 1 N–H and O–H groups in total. The van der Waals surface area contributed by atoms with E-state index in [9.17, 15) is 0 Å². The van der Waals surface area contributed by atoms with Gasteiger partial charge < -0.3 is 5.41 Å². The van der Waals surface area contributed by atoms with Crippen LogP contribution in [0.2, 0.25) is 0 Å². The summed E-state index contributed by atoms with van der Waals surface area (Å²) in [5.74, 6) is 1.33. The van der Waals surface area contributed by atoms with Crippen LogP contribution in [0.5, 0.6) is 0 Å². The molecule has 1 heteroatoms. The van der Waals surface area contributed by atoms with E-state index >= 15 is 0 Å². The van der Waals surface area contributed by atoms with Crippen LogP contribution in [0.4, 0.5) is 0 Å². The molecule has 0 aromatic carbocycles. The summed E-state index contributed by atoms with van der Waals surface area (Å²) >= 11 is 0. The Hall–Kier alpha value is -0.590. The van der Waals surface area contributed by atoms with Gasteiger partial charge in [0, 0.05) is 11.6 Å². The maximum absolute atomic E-state index is 7.98. The van der Waals surface area contributed by atoms with E-state index in [0.29, 0.717) is 5.92 Å². The van der Waals surface area contributed by atoms with Gasteiger partial charge in [0.05, 0.1) is 0 Å². The fourth-order valence-electron chi connectivity index (χ4n) is 2.09. The van der Waals surface area contributed by atoms with Crippen LogP contribution in [0.3, 0.4) is 0 Å². The van der Waals surface area contributed by atoms with Crippen LogP contribution < -0.4 is 0 Å². The fraction of sp³-hybridized carbons (Fsp3) is 0.800. The van der Waals surface area contributed by atoms with E-state index in [0.717, 1.165) is 11.6 Å². The lowest BCUT2D eigenvalue weighted by molar-refractivity contribution is 0.606. The van der Waals surface area contributed by atoms with Crippen molar-refractivity contribution in [3.63, 3.8) is 0 Å². The Morgan fingerprint density at radius 2 is 2.00 bits per heavy atom. The number of unbranched alkanes of at least 4 members (excludes halogenated alkanes) is 2. The molecular formula is C15H27N. The SMILES string of the molecule is CCCCCC(=CC(=N)C1CC1)CC(C)C. The minimum Gasteiger partial charge on any atom is -0.305 e. The Balaban J connectivity index is 2.43. The van der Waals surface area contributed by atoms with Gasteiger partial charge in [-0.05, 0) is 44.1 Å². The summed E-state index contributed by atoms with van der Waals surface area (Å²) in [5, 5.41) is 7.98. The van der Waals surface area contributed by atoms with Crippen LogP contribution in [-0.4, -0.2) is 5.71 Å². The third kappa shape index (κ3) is 5.48. The highest BCUT2D eigenvalue weighted by atomic mass is 14.5. The largest absolute Gasteiger partial charge is 0.305 e. The zero-order valence-electron chi connectivity index (χ0n) is 11.2. The third-order valence-corrected chi connectivity index (χ3v) is 3.15. The Morgan fingerprint density at radius 1 is 1.31 bits per heavy atom. The van der Waals surface area contributed by atoms with Gasteiger partial charge >= 0.3 is 0 Å². The predicted octanol–water partition coefficient (Wildman–Crippen LogP) is 4.97. The zero-order valence-corrected chi connectivity index (χ0v) is 11.2. The van der Waals surface area contributed by atoms with E-state index < -0.39 is 0 Å². The molecule has 0 radical (unpaired) electrons. The van der Waals surface area contributed by atoms with Crippen LogP contribution in [0.1, 0.15) is 65.7 Å². The molecule has 0 bridgehead atoms. The average molecular weight is 221 g/mol. The van der Waals surface area contributed by atoms with E-state index in [2.05, 4.69) is 26.8 Å². The van der Waals surface area contributed by atoms with E-state index in [4.69, 9.17) is 5.41 Å². The summed E-state index contributed by atoms with van der Waals surface area (Å²) in [6, 6.07) is 0. The molecule has 0 aromatic heterocycles. The minimum absolute atomic E-state index is 0.605. The normalized spacial score (nSPS) is 16.9. The third-order valence-electron chi connectivity index (χ3n) is 3.15. The van der Waals surface area contributed by atoms with Gasteiger partial charge in [0.25, 0.3) is 0 Å². The molecule has 1 aliphatic rings. The minimum atomic E-state index is 0.605. The van der Waals surface area contributed by atoms with Crippen LogP contribution in [0.25, 0.3) is 0 Å². The van der Waals surface area contributed by atoms with E-state index in [1.807, 2.05) is 0 Å². The first-order valence-electron chi connectivity index (χ1n) is 6.91. The number of allylic oxidation sites excluding steroid dienone is 2. The second-order valence-corrected chi connectivity index (χ2v) is 5.59. The van der Waals surface area contributed by atoms with Gasteiger partial charge in [-0.3, -0.25) is 0 Å². The fourth-order valence-corrected chi connectivity index (χ4v) is 2.09. The van der Waals surface area contributed by atoms with Crippen molar-refractivity contribution in [3.05, 3.63) is 11.6 Å². The van der Waals surface area contributed by atoms with Crippen LogP contribution in [-0.2, 0) is 0 Å². The Bertz CT molecular complexity index is 246. The van der Waals surface area contributed by atoms with Crippen LogP contribution >= 0.6 is 0 Å². The van der Waals surface area contributed by atoms with Crippen molar-refractivity contribution in [2.45, 2.75) is 65.7 Å². The second-order valence-electron chi connectivity index (χ2n) is 5.59. The molecule has 0 aromatic rings. The monoisotopic (exact) mass is 221 g/mol. The first-order valence-corrected chi connectivity index (χ1v) is 6.91. The molecule has 1 aliphatic carbocycles. The Labute approximate surface area is 101 Å². The molecule has 0 atom stereocenters. The predicted molar refractivity (Wildman–Crippen MR) is 72.1 cm³/mol. The Kier molecular flexibility index (Phi) is 5.79. The lowest BCUT2D eigenvalue weighted by Crippen LogP contribution is -1.99. The first kappa shape index (κ1) is 13.5. The molecule has 1 saturated carbocycles. The summed E-state index contributed by atoms with van der Waals surface area (Å²) in [6.45, 7) is 6.79. The van der Waals surface area contributed by atoms with Crippen molar-refractivity contribution in [1.82, 2.24) is 0 Å². The zero-order chi connectivity index (χ0) is 12.0. The van der Waals surface area contributed by atoms with E-state index in [-0.39, 0.29) is 0 Å². The van der Waals surface area contributed by atoms with Crippen molar-refractivity contribution < 1.29 is 0 Å². The van der Waals surface area contributed by atoms with E-state index in [1.54, 1.807) is 0 Å². The molecule has 0 spiro atoms. The van der Waals surface area contributed by atoms with Crippen molar-refractivity contribution in [2.75, 3.05) is 0 Å². The van der Waals surface area contributed by atoms with Crippen LogP contribution in [0, 0.1) is 17.2 Å². The quantitative estimate of drug-likeness (QED) is 0.442. The molecule has 1 fully saturated rings. The highest BCUT2D eigenvalue weighted by Gasteiger charge is 2.25. The summed E-state index contributed by atoms with van der Waals surface area (Å²) < 4.78 is 0. The van der Waals surface area contributed by atoms with Crippen molar-refractivity contribution in [1.29, 1.82) is 5.41 Å². The second kappa shape index (κ2) is 6.88. The Morgan fingerprint density at radius 3 is 2.50 bits per heavy atom. The molecular weight excluding hydrogens is 194 g/mol. The highest BCUT2D eigenvalue weighted by Crippen LogP contribution is 2.31. The maximum atomic E-state index is 7.98. The van der Waals surface area contributed by atoms with Crippen LogP contribution in [0.15, 0.2) is 11.6 Å². The first-order chi connectivity index (χ1) is 7.63. The summed E-state index contributed by atoms with van der Waals surface area (Å²) in [7, 11) is 0. The number of hydrogen-bond acceptors (Lipinski definition) is 1. The molecule has 1 nitrogen and oxygen atoms in total. The molecule has 0 aliphatic heterocycles. The van der Waals surface area contributed by atoms with Gasteiger partial charge in [0.15, 0.2) is 0 Å². The smallest absolute Gasteiger partial charge is 0.0344 e. The molecule has 92 valence electrons. The molecule has 0 amide bonds. The van der Waals surface area contributed by atoms with Crippen molar-refractivity contribution in [2.24, 2.45) is 11.8 Å². The molecule has 0 unspecified atom stereocenters. The van der Waals surface area contributed by atoms with Gasteiger partial charge in [0.2, 0.25) is 0 Å². The summed E-state index contributed by atoms with van der Waals surface area (Å²) in [5.41, 5.74) is 2.41. The van der Waals surface area contributed by atoms with Gasteiger partial charge in [0.1, 0.15) is 0 Å². The lowest BCUT2D eigenvalue weighted by atomic mass is 9.96. The van der Waals surface area contributed by atoms with Gasteiger partial charge in [-0.1, -0.05) is 39.2 Å². The number of rotatable bonds is 8. The molecule has 0 heterocycles. The average Bonchev–Trinajstić information content (AvgIpc) is 2.99. The maximum Gasteiger partial charge on any atom is 0.0344 e. The number of nitrogens with one attached hydrogen (secondary N) is 1. The molecule has 16 heavy (non-hydrogen) atoms. The summed E-state index contributed by atoms with van der Waals surface area (Å²) in [6.07, 6.45) is 11.0. The highest BCUT2D eigenvalue weighted by molar-refractivity contribution is 5.96.